The van der Waals surface area contributed by atoms with Gasteiger partial charge in [0.05, 0.1) is 11.9 Å². The average molecular weight is 540 g/mol. The number of nitrogens with zero attached hydrogens (tertiary/aromatic N) is 1. The van der Waals surface area contributed by atoms with Crippen molar-refractivity contribution in [1.82, 2.24) is 15.5 Å². The number of thioether (sulfide) groups is 1. The number of ether oxygens (including phenoxy) is 1. The maximum atomic E-state index is 13.7. The van der Waals surface area contributed by atoms with Crippen molar-refractivity contribution in [1.29, 1.82) is 0 Å². The Kier molecular flexibility index (Phi) is 9.12. The molecule has 4 atom stereocenters. The summed E-state index contributed by atoms with van der Waals surface area (Å²) in [5, 5.41) is 17.2. The lowest BCUT2D eigenvalue weighted by Gasteiger charge is -2.33. The summed E-state index contributed by atoms with van der Waals surface area (Å²) in [7, 11) is 0. The number of aliphatic hydroxyl groups is 1. The average Bonchev–Trinajstić information content (AvgIpc) is 3.55. The van der Waals surface area contributed by atoms with Gasteiger partial charge in [0.2, 0.25) is 11.8 Å². The molecule has 4 rings (SSSR count). The predicted octanol–water partition coefficient (Wildman–Crippen LogP) is 2.56. The Morgan fingerprint density at radius 1 is 1.11 bits per heavy atom. The minimum absolute atomic E-state index is 0.265. The van der Waals surface area contributed by atoms with Gasteiger partial charge < -0.3 is 25.4 Å². The molecule has 0 aliphatic carbocycles. The topological polar surface area (TPSA) is 108 Å². The fraction of sp³-hybridized carbons (Fsp3) is 0.483. The van der Waals surface area contributed by atoms with Gasteiger partial charge in [-0.25, -0.2) is 0 Å². The molecule has 2 saturated heterocycles. The number of carbonyl (C=O) groups excluding carboxylic acids is 3. The molecule has 2 fully saturated rings. The maximum absolute atomic E-state index is 13.7. The second kappa shape index (κ2) is 12.3. The van der Waals surface area contributed by atoms with Crippen molar-refractivity contribution in [2.75, 3.05) is 12.5 Å². The molecule has 0 spiro atoms. The molecule has 3 N–H and O–H groups in total. The number of hydrogen-bond donors (Lipinski definition) is 3. The number of benzene rings is 2. The van der Waals surface area contributed by atoms with E-state index in [1.807, 2.05) is 75.4 Å². The van der Waals surface area contributed by atoms with Gasteiger partial charge in [-0.1, -0.05) is 54.6 Å². The van der Waals surface area contributed by atoms with Gasteiger partial charge in [-0.3, -0.25) is 14.4 Å². The highest BCUT2D eigenvalue weighted by atomic mass is 32.2. The monoisotopic (exact) mass is 539 g/mol. The molecule has 0 bridgehead atoms. The molecule has 204 valence electrons. The lowest BCUT2D eigenvalue weighted by Crippen LogP contribution is -2.59. The molecule has 0 saturated carbocycles. The van der Waals surface area contributed by atoms with Crippen molar-refractivity contribution in [2.24, 2.45) is 0 Å². The first-order chi connectivity index (χ1) is 18.2. The van der Waals surface area contributed by atoms with Crippen molar-refractivity contribution in [3.63, 3.8) is 0 Å². The van der Waals surface area contributed by atoms with Gasteiger partial charge in [0.1, 0.15) is 12.1 Å². The third-order valence-electron chi connectivity index (χ3n) is 7.27. The molecule has 0 aromatic heterocycles. The predicted molar refractivity (Wildman–Crippen MR) is 147 cm³/mol. The molecule has 9 heteroatoms. The lowest BCUT2D eigenvalue weighted by molar-refractivity contribution is -0.148. The van der Waals surface area contributed by atoms with E-state index in [4.69, 9.17) is 4.74 Å². The summed E-state index contributed by atoms with van der Waals surface area (Å²) in [5.41, 5.74) is 2.95. The van der Waals surface area contributed by atoms with E-state index in [1.165, 1.54) is 16.7 Å². The van der Waals surface area contributed by atoms with Gasteiger partial charge in [0.25, 0.3) is 5.91 Å². The van der Waals surface area contributed by atoms with Crippen LogP contribution < -0.4 is 10.6 Å². The molecule has 0 unspecified atom stereocenters. The zero-order valence-corrected chi connectivity index (χ0v) is 23.0. The van der Waals surface area contributed by atoms with Crippen LogP contribution in [0.1, 0.15) is 43.4 Å². The van der Waals surface area contributed by atoms with Crippen molar-refractivity contribution >= 4 is 29.5 Å². The van der Waals surface area contributed by atoms with E-state index in [9.17, 15) is 19.5 Å². The number of amides is 3. The van der Waals surface area contributed by atoms with Crippen LogP contribution in [-0.4, -0.2) is 69.3 Å². The van der Waals surface area contributed by atoms with Crippen molar-refractivity contribution in [3.05, 3.63) is 71.3 Å². The summed E-state index contributed by atoms with van der Waals surface area (Å²) in [6.45, 7) is 6.70. The zero-order chi connectivity index (χ0) is 27.3. The van der Waals surface area contributed by atoms with Crippen LogP contribution in [-0.2, 0) is 32.1 Å². The standard InChI is InChI=1S/C29H37N3O5S/c1-19-10-7-8-13-21(19)17-30-27(35)25-29(2,3)38-18-32(25)28(36)24(33)22(16-20-11-5-4-6-12-20)31-26(34)23-14-9-15-37-23/h4-8,10-13,22-25,33H,9,14-18H2,1-3H3,(H,30,35)(H,31,34)/t22-,23-,24-,25+/m0/s1. The Bertz CT molecular complexity index is 1140. The summed E-state index contributed by atoms with van der Waals surface area (Å²) >= 11 is 1.49. The highest BCUT2D eigenvalue weighted by molar-refractivity contribution is 8.00. The number of carbonyl (C=O) groups is 3. The van der Waals surface area contributed by atoms with E-state index in [-0.39, 0.29) is 24.1 Å². The molecule has 2 aromatic rings. The second-order valence-corrected chi connectivity index (χ2v) is 12.1. The number of hydrogen-bond acceptors (Lipinski definition) is 6. The summed E-state index contributed by atoms with van der Waals surface area (Å²) in [6.07, 6.45) is -0.449. The number of aryl methyl sites for hydroxylation is 1. The first-order valence-corrected chi connectivity index (χ1v) is 14.1. The summed E-state index contributed by atoms with van der Waals surface area (Å²) in [4.78, 5) is 41.4. The molecule has 2 aliphatic heterocycles. The van der Waals surface area contributed by atoms with Gasteiger partial charge in [-0.15, -0.1) is 11.8 Å². The normalized spacial score (nSPS) is 22.1. The second-order valence-electron chi connectivity index (χ2n) is 10.5. The number of rotatable bonds is 9. The highest BCUT2D eigenvalue weighted by Crippen LogP contribution is 2.40. The maximum Gasteiger partial charge on any atom is 0.254 e. The van der Waals surface area contributed by atoms with Crippen LogP contribution in [0, 0.1) is 6.92 Å². The van der Waals surface area contributed by atoms with E-state index in [2.05, 4.69) is 10.6 Å². The van der Waals surface area contributed by atoms with E-state index < -0.39 is 34.9 Å². The Hall–Kier alpha value is -2.88. The summed E-state index contributed by atoms with van der Waals surface area (Å²) < 4.78 is 4.95. The van der Waals surface area contributed by atoms with Gasteiger partial charge in [-0.05, 0) is 56.7 Å². The minimum atomic E-state index is -1.53. The van der Waals surface area contributed by atoms with Crippen molar-refractivity contribution in [3.8, 4) is 0 Å². The van der Waals surface area contributed by atoms with Crippen LogP contribution in [0.5, 0.6) is 0 Å². The van der Waals surface area contributed by atoms with Crippen LogP contribution in [0.2, 0.25) is 0 Å². The van der Waals surface area contributed by atoms with E-state index >= 15 is 0 Å². The molecule has 2 aromatic carbocycles. The largest absolute Gasteiger partial charge is 0.381 e. The van der Waals surface area contributed by atoms with E-state index in [0.29, 0.717) is 19.6 Å². The first kappa shape index (κ1) is 28.1. The van der Waals surface area contributed by atoms with Crippen LogP contribution in [0.15, 0.2) is 54.6 Å². The SMILES string of the molecule is Cc1ccccc1CNC(=O)[C@H]1N(C(=O)[C@@H](O)[C@H](Cc2ccccc2)NC(=O)[C@@H]2CCCO2)CSC1(C)C. The molecule has 3 amide bonds. The van der Waals surface area contributed by atoms with Crippen molar-refractivity contribution in [2.45, 2.75) is 75.6 Å². The minimum Gasteiger partial charge on any atom is -0.381 e. The third-order valence-corrected chi connectivity index (χ3v) is 8.65. The molecular weight excluding hydrogens is 502 g/mol. The quantitative estimate of drug-likeness (QED) is 0.452. The summed E-state index contributed by atoms with van der Waals surface area (Å²) in [5.74, 6) is -0.915. The van der Waals surface area contributed by atoms with E-state index in [0.717, 1.165) is 23.1 Å². The lowest BCUT2D eigenvalue weighted by atomic mass is 9.97. The molecule has 2 aliphatic rings. The van der Waals surface area contributed by atoms with Crippen LogP contribution in [0.4, 0.5) is 0 Å². The number of aliphatic hydroxyl groups excluding tert-OH is 1. The van der Waals surface area contributed by atoms with Crippen LogP contribution >= 0.6 is 11.8 Å². The van der Waals surface area contributed by atoms with Gasteiger partial charge >= 0.3 is 0 Å². The van der Waals surface area contributed by atoms with Gasteiger partial charge in [0, 0.05) is 17.9 Å². The van der Waals surface area contributed by atoms with Gasteiger partial charge in [0.15, 0.2) is 6.10 Å². The molecule has 38 heavy (non-hydrogen) atoms. The van der Waals surface area contributed by atoms with Crippen LogP contribution in [0.3, 0.4) is 0 Å². The summed E-state index contributed by atoms with van der Waals surface area (Å²) in [6, 6.07) is 15.6. The fourth-order valence-electron chi connectivity index (χ4n) is 5.01. The van der Waals surface area contributed by atoms with Crippen LogP contribution in [0.25, 0.3) is 0 Å². The fourth-order valence-corrected chi connectivity index (χ4v) is 6.15. The first-order valence-electron chi connectivity index (χ1n) is 13.1. The zero-order valence-electron chi connectivity index (χ0n) is 22.2. The van der Waals surface area contributed by atoms with Crippen molar-refractivity contribution < 1.29 is 24.2 Å². The number of nitrogens with one attached hydrogen (secondary N) is 2. The molecule has 8 nitrogen and oxygen atoms in total. The van der Waals surface area contributed by atoms with E-state index in [1.54, 1.807) is 0 Å². The smallest absolute Gasteiger partial charge is 0.254 e. The molecule has 0 radical (unpaired) electrons. The Balaban J connectivity index is 1.50. The molecule has 2 heterocycles. The Morgan fingerprint density at radius 3 is 2.50 bits per heavy atom. The van der Waals surface area contributed by atoms with Gasteiger partial charge in [-0.2, -0.15) is 0 Å². The Labute approximate surface area is 228 Å². The molecular formula is C29H37N3O5S. The highest BCUT2D eigenvalue weighted by Gasteiger charge is 2.49. The third kappa shape index (κ3) is 6.57. The Morgan fingerprint density at radius 2 is 1.82 bits per heavy atom.